The molecule has 7 heteroatoms. The van der Waals surface area contributed by atoms with Crippen LogP contribution in [0.3, 0.4) is 0 Å². The lowest BCUT2D eigenvalue weighted by Gasteiger charge is -2.56. The summed E-state index contributed by atoms with van der Waals surface area (Å²) >= 11 is 0. The Morgan fingerprint density at radius 1 is 1.28 bits per heavy atom. The number of ether oxygens (including phenoxy) is 1. The number of imidazole rings is 1. The molecule has 2 aromatic heterocycles. The molecule has 1 saturated carbocycles. The summed E-state index contributed by atoms with van der Waals surface area (Å²) < 4.78 is 13.5. The maximum absolute atomic E-state index is 14.0. The minimum absolute atomic E-state index is 0.00793. The molecule has 3 aliphatic rings. The standard InChI is InChI=1S/C22H30N4O3/c1-15-12-17(29-24-15)22(6-10-28-11-7-22)20(27)26-14-21(2,3)18(26)19-23-8-9-25(19)13-16-4-5-16/h8-9,12,16,18H,4-7,10-11,13-14H2,1-3H3. The lowest BCUT2D eigenvalue weighted by atomic mass is 9.69. The topological polar surface area (TPSA) is 73.4 Å². The third-order valence-corrected chi connectivity index (χ3v) is 6.89. The van der Waals surface area contributed by atoms with E-state index in [4.69, 9.17) is 14.2 Å². The average Bonchev–Trinajstić information content (AvgIpc) is 3.23. The molecule has 1 amide bonds. The molecule has 1 unspecified atom stereocenters. The fraction of sp³-hybridized carbons (Fsp3) is 0.682. The molecule has 0 aromatic carbocycles. The lowest BCUT2D eigenvalue weighted by Crippen LogP contribution is -2.63. The Morgan fingerprint density at radius 3 is 2.66 bits per heavy atom. The van der Waals surface area contributed by atoms with Crippen LogP contribution in [0.1, 0.15) is 62.9 Å². The van der Waals surface area contributed by atoms with Crippen molar-refractivity contribution in [1.82, 2.24) is 19.6 Å². The monoisotopic (exact) mass is 398 g/mol. The lowest BCUT2D eigenvalue weighted by molar-refractivity contribution is -0.164. The van der Waals surface area contributed by atoms with Crippen LogP contribution in [0.2, 0.25) is 0 Å². The Labute approximate surface area is 171 Å². The number of nitrogens with zero attached hydrogens (tertiary/aromatic N) is 4. The van der Waals surface area contributed by atoms with Gasteiger partial charge >= 0.3 is 0 Å². The molecule has 7 nitrogen and oxygen atoms in total. The Balaban J connectivity index is 1.48. The number of carbonyl (C=O) groups excluding carboxylic acids is 1. The molecule has 0 spiro atoms. The molecule has 4 heterocycles. The number of hydrogen-bond donors (Lipinski definition) is 0. The summed E-state index contributed by atoms with van der Waals surface area (Å²) in [5.41, 5.74) is 0.105. The summed E-state index contributed by atoms with van der Waals surface area (Å²) in [6, 6.07) is 1.89. The third kappa shape index (κ3) is 3.10. The summed E-state index contributed by atoms with van der Waals surface area (Å²) in [6.07, 6.45) is 7.78. The van der Waals surface area contributed by atoms with Crippen molar-refractivity contribution in [3.8, 4) is 0 Å². The first-order chi connectivity index (χ1) is 13.9. The van der Waals surface area contributed by atoms with Crippen LogP contribution in [-0.4, -0.2) is 45.3 Å². The summed E-state index contributed by atoms with van der Waals surface area (Å²) in [6.45, 7) is 9.20. The van der Waals surface area contributed by atoms with Gasteiger partial charge in [-0.2, -0.15) is 0 Å². The zero-order valence-electron chi connectivity index (χ0n) is 17.6. The predicted molar refractivity (Wildman–Crippen MR) is 106 cm³/mol. The Hall–Kier alpha value is -2.15. The largest absolute Gasteiger partial charge is 0.381 e. The van der Waals surface area contributed by atoms with Crippen molar-refractivity contribution < 1.29 is 14.1 Å². The third-order valence-electron chi connectivity index (χ3n) is 6.89. The van der Waals surface area contributed by atoms with Crippen LogP contribution in [0.25, 0.3) is 0 Å². The Morgan fingerprint density at radius 2 is 2.03 bits per heavy atom. The number of amides is 1. The first-order valence-electron chi connectivity index (χ1n) is 10.7. The second kappa shape index (κ2) is 6.69. The van der Waals surface area contributed by atoms with Crippen molar-refractivity contribution in [2.75, 3.05) is 19.8 Å². The highest BCUT2D eigenvalue weighted by Gasteiger charge is 2.57. The van der Waals surface area contributed by atoms with Crippen molar-refractivity contribution in [1.29, 1.82) is 0 Å². The average molecular weight is 399 g/mol. The first-order valence-corrected chi connectivity index (χ1v) is 10.7. The molecule has 1 aliphatic carbocycles. The normalized spacial score (nSPS) is 25.6. The van der Waals surface area contributed by atoms with Gasteiger partial charge in [-0.05, 0) is 38.5 Å². The fourth-order valence-corrected chi connectivity index (χ4v) is 5.06. The van der Waals surface area contributed by atoms with Crippen LogP contribution in [0.15, 0.2) is 23.0 Å². The van der Waals surface area contributed by atoms with Crippen LogP contribution < -0.4 is 0 Å². The van der Waals surface area contributed by atoms with Crippen LogP contribution >= 0.6 is 0 Å². The van der Waals surface area contributed by atoms with Crippen molar-refractivity contribution in [3.63, 3.8) is 0 Å². The highest BCUT2D eigenvalue weighted by Crippen LogP contribution is 2.51. The van der Waals surface area contributed by atoms with E-state index < -0.39 is 5.41 Å². The number of rotatable bonds is 5. The molecule has 2 saturated heterocycles. The molecule has 3 fully saturated rings. The van der Waals surface area contributed by atoms with Crippen molar-refractivity contribution >= 4 is 5.91 Å². The Kier molecular flexibility index (Phi) is 4.35. The van der Waals surface area contributed by atoms with Gasteiger partial charge in [-0.3, -0.25) is 4.79 Å². The minimum Gasteiger partial charge on any atom is -0.381 e. The van der Waals surface area contributed by atoms with E-state index in [0.717, 1.165) is 30.5 Å². The van der Waals surface area contributed by atoms with E-state index in [2.05, 4.69) is 29.8 Å². The van der Waals surface area contributed by atoms with Crippen molar-refractivity contribution in [2.45, 2.75) is 64.5 Å². The molecule has 1 atom stereocenters. The molecule has 0 N–H and O–H groups in total. The number of hydrogen-bond acceptors (Lipinski definition) is 5. The van der Waals surface area contributed by atoms with Gasteiger partial charge in [0.05, 0.1) is 11.7 Å². The molecule has 29 heavy (non-hydrogen) atoms. The number of carbonyl (C=O) groups is 1. The molecule has 5 rings (SSSR count). The Bertz CT molecular complexity index is 905. The van der Waals surface area contributed by atoms with Gasteiger partial charge in [0.25, 0.3) is 0 Å². The zero-order valence-corrected chi connectivity index (χ0v) is 17.6. The second-order valence-electron chi connectivity index (χ2n) is 9.73. The summed E-state index contributed by atoms with van der Waals surface area (Å²) in [5, 5.41) is 4.07. The van der Waals surface area contributed by atoms with Gasteiger partial charge < -0.3 is 18.7 Å². The highest BCUT2D eigenvalue weighted by molar-refractivity contribution is 5.89. The van der Waals surface area contributed by atoms with E-state index in [-0.39, 0.29) is 17.4 Å². The summed E-state index contributed by atoms with van der Waals surface area (Å²) in [7, 11) is 0. The summed E-state index contributed by atoms with van der Waals surface area (Å²) in [4.78, 5) is 20.7. The SMILES string of the molecule is Cc1cc(C2(C(=O)N3CC(C)(C)C3c3nccn3CC3CC3)CCOCC2)on1. The van der Waals surface area contributed by atoms with Crippen LogP contribution in [0.5, 0.6) is 0 Å². The highest BCUT2D eigenvalue weighted by atomic mass is 16.5. The first kappa shape index (κ1) is 18.9. The molecule has 2 aliphatic heterocycles. The molecular formula is C22H30N4O3. The smallest absolute Gasteiger partial charge is 0.237 e. The number of aromatic nitrogens is 3. The second-order valence-corrected chi connectivity index (χ2v) is 9.73. The minimum atomic E-state index is -0.692. The van der Waals surface area contributed by atoms with Crippen molar-refractivity contribution in [3.05, 3.63) is 35.7 Å². The zero-order chi connectivity index (χ0) is 20.2. The van der Waals surface area contributed by atoms with Crippen LogP contribution in [0.4, 0.5) is 0 Å². The summed E-state index contributed by atoms with van der Waals surface area (Å²) in [5.74, 6) is 2.57. The van der Waals surface area contributed by atoms with Crippen molar-refractivity contribution in [2.24, 2.45) is 11.3 Å². The van der Waals surface area contributed by atoms with Crippen LogP contribution in [0, 0.1) is 18.3 Å². The van der Waals surface area contributed by atoms with Gasteiger partial charge in [0.15, 0.2) is 5.76 Å². The van der Waals surface area contributed by atoms with E-state index >= 15 is 0 Å². The van der Waals surface area contributed by atoms with Gasteiger partial charge in [-0.1, -0.05) is 19.0 Å². The molecular weight excluding hydrogens is 368 g/mol. The van der Waals surface area contributed by atoms with E-state index in [1.165, 1.54) is 12.8 Å². The number of likely N-dealkylation sites (tertiary alicyclic amines) is 1. The maximum Gasteiger partial charge on any atom is 0.237 e. The van der Waals surface area contributed by atoms with Gasteiger partial charge in [-0.15, -0.1) is 0 Å². The van der Waals surface area contributed by atoms with Gasteiger partial charge in [0, 0.05) is 50.2 Å². The van der Waals surface area contributed by atoms with Gasteiger partial charge in [0.2, 0.25) is 5.91 Å². The molecule has 0 bridgehead atoms. The van der Waals surface area contributed by atoms with E-state index in [1.807, 2.05) is 24.1 Å². The number of aryl methyl sites for hydroxylation is 1. The predicted octanol–water partition coefficient (Wildman–Crippen LogP) is 3.25. The van der Waals surface area contributed by atoms with E-state index in [9.17, 15) is 4.79 Å². The molecule has 0 radical (unpaired) electrons. The molecule has 156 valence electrons. The van der Waals surface area contributed by atoms with E-state index in [1.54, 1.807) is 0 Å². The molecule has 2 aromatic rings. The van der Waals surface area contributed by atoms with Gasteiger partial charge in [-0.25, -0.2) is 4.98 Å². The fourth-order valence-electron chi connectivity index (χ4n) is 5.06. The van der Waals surface area contributed by atoms with Crippen LogP contribution in [-0.2, 0) is 21.5 Å². The van der Waals surface area contributed by atoms with Gasteiger partial charge in [0.1, 0.15) is 11.2 Å². The maximum atomic E-state index is 14.0. The van der Waals surface area contributed by atoms with E-state index in [0.29, 0.717) is 31.8 Å². The quantitative estimate of drug-likeness (QED) is 0.773.